The van der Waals surface area contributed by atoms with Gasteiger partial charge in [-0.3, -0.25) is 0 Å². The van der Waals surface area contributed by atoms with Crippen molar-refractivity contribution in [2.75, 3.05) is 5.73 Å². The fourth-order valence-corrected chi connectivity index (χ4v) is 3.73. The highest BCUT2D eigenvalue weighted by Gasteiger charge is 2.34. The van der Waals surface area contributed by atoms with Gasteiger partial charge in [0, 0.05) is 35.6 Å². The van der Waals surface area contributed by atoms with E-state index in [2.05, 4.69) is 25.1 Å². The van der Waals surface area contributed by atoms with Crippen molar-refractivity contribution in [3.63, 3.8) is 0 Å². The molecule has 1 atom stereocenters. The third-order valence-corrected chi connectivity index (χ3v) is 5.47. The van der Waals surface area contributed by atoms with Gasteiger partial charge in [0.2, 0.25) is 5.82 Å². The monoisotopic (exact) mass is 468 g/mol. The standard InChI is InChI=1S/C22H16F4N8/c1-12(14-9-31-33(10-14)17-5-3-2-4-16(17)23)18-6-15(19-20(27)30-11-32-34(18)19)13-7-28-21(29-8-13)22(24,25)26/h2-12H,1H3,(H2,27,30,32). The zero-order valence-corrected chi connectivity index (χ0v) is 17.6. The zero-order valence-electron chi connectivity index (χ0n) is 17.6. The summed E-state index contributed by atoms with van der Waals surface area (Å²) >= 11 is 0. The molecule has 0 aliphatic rings. The summed E-state index contributed by atoms with van der Waals surface area (Å²) in [6.07, 6.45) is 2.12. The van der Waals surface area contributed by atoms with Crippen LogP contribution in [0.2, 0.25) is 0 Å². The Labute approximate surface area is 189 Å². The summed E-state index contributed by atoms with van der Waals surface area (Å²) in [5.74, 6) is -1.79. The molecule has 5 aromatic rings. The Morgan fingerprint density at radius 1 is 1.00 bits per heavy atom. The molecule has 2 N–H and O–H groups in total. The number of nitrogens with two attached hydrogens (primary N) is 1. The Morgan fingerprint density at radius 3 is 2.44 bits per heavy atom. The van der Waals surface area contributed by atoms with Gasteiger partial charge < -0.3 is 5.73 Å². The lowest BCUT2D eigenvalue weighted by Gasteiger charge is -2.09. The Morgan fingerprint density at radius 2 is 1.74 bits per heavy atom. The molecule has 0 saturated carbocycles. The fourth-order valence-electron chi connectivity index (χ4n) is 3.73. The molecule has 5 rings (SSSR count). The number of aromatic nitrogens is 7. The van der Waals surface area contributed by atoms with E-state index in [0.29, 0.717) is 28.0 Å². The topological polar surface area (TPSA) is 99.8 Å². The largest absolute Gasteiger partial charge is 0.451 e. The molecule has 1 unspecified atom stereocenters. The predicted molar refractivity (Wildman–Crippen MR) is 114 cm³/mol. The molecule has 1 aromatic carbocycles. The van der Waals surface area contributed by atoms with Crippen LogP contribution >= 0.6 is 0 Å². The van der Waals surface area contributed by atoms with Gasteiger partial charge in [-0.1, -0.05) is 19.1 Å². The summed E-state index contributed by atoms with van der Waals surface area (Å²) in [4.78, 5) is 10.9. The van der Waals surface area contributed by atoms with Crippen LogP contribution in [0.15, 0.2) is 61.4 Å². The summed E-state index contributed by atoms with van der Waals surface area (Å²) in [7, 11) is 0. The van der Waals surface area contributed by atoms with Gasteiger partial charge in [-0.25, -0.2) is 28.5 Å². The van der Waals surface area contributed by atoms with Crippen molar-refractivity contribution in [2.45, 2.75) is 19.0 Å². The van der Waals surface area contributed by atoms with E-state index >= 15 is 0 Å². The first-order valence-corrected chi connectivity index (χ1v) is 10.0. The summed E-state index contributed by atoms with van der Waals surface area (Å²) in [6.45, 7) is 1.90. The number of halogens is 4. The van der Waals surface area contributed by atoms with Crippen molar-refractivity contribution in [2.24, 2.45) is 0 Å². The molecule has 0 fully saturated rings. The van der Waals surface area contributed by atoms with Gasteiger partial charge in [-0.05, 0) is 23.8 Å². The normalized spacial score (nSPS) is 12.9. The highest BCUT2D eigenvalue weighted by atomic mass is 19.4. The molecular weight excluding hydrogens is 452 g/mol. The maximum Gasteiger partial charge on any atom is 0.451 e. The van der Waals surface area contributed by atoms with Crippen molar-refractivity contribution >= 4 is 11.3 Å². The van der Waals surface area contributed by atoms with E-state index in [-0.39, 0.29) is 11.7 Å². The Kier molecular flexibility index (Phi) is 5.00. The number of alkyl halides is 3. The van der Waals surface area contributed by atoms with E-state index in [0.717, 1.165) is 18.0 Å². The first-order valence-electron chi connectivity index (χ1n) is 10.0. The SMILES string of the molecule is CC(c1cnn(-c2ccccc2F)c1)c1cc(-c2cnc(C(F)(F)F)nc2)c2c(N)ncnn12. The number of nitrogens with zero attached hydrogens (tertiary/aromatic N) is 7. The molecule has 8 nitrogen and oxygen atoms in total. The van der Waals surface area contributed by atoms with Crippen LogP contribution < -0.4 is 5.73 Å². The van der Waals surface area contributed by atoms with E-state index in [1.54, 1.807) is 41.2 Å². The van der Waals surface area contributed by atoms with Crippen LogP contribution in [0.1, 0.15) is 29.9 Å². The van der Waals surface area contributed by atoms with E-state index in [1.165, 1.54) is 17.1 Å². The minimum Gasteiger partial charge on any atom is -0.382 e. The molecule has 12 heteroatoms. The molecule has 0 aliphatic carbocycles. The zero-order chi connectivity index (χ0) is 24.0. The lowest BCUT2D eigenvalue weighted by atomic mass is 10.0. The van der Waals surface area contributed by atoms with Crippen LogP contribution in [0.5, 0.6) is 0 Å². The molecule has 0 radical (unpaired) electrons. The Bertz CT molecular complexity index is 1490. The smallest absolute Gasteiger partial charge is 0.382 e. The minimum absolute atomic E-state index is 0.144. The number of hydrogen-bond acceptors (Lipinski definition) is 6. The molecule has 0 saturated heterocycles. The van der Waals surface area contributed by atoms with Gasteiger partial charge in [-0.15, -0.1) is 0 Å². The molecule has 0 bridgehead atoms. The number of fused-ring (bicyclic) bond motifs is 1. The van der Waals surface area contributed by atoms with E-state index in [4.69, 9.17) is 5.73 Å². The van der Waals surface area contributed by atoms with Crippen LogP contribution in [-0.4, -0.2) is 34.3 Å². The second kappa shape index (κ2) is 7.90. The molecule has 0 spiro atoms. The predicted octanol–water partition coefficient (Wildman–Crippen LogP) is 4.26. The van der Waals surface area contributed by atoms with Crippen LogP contribution in [0.4, 0.5) is 23.4 Å². The van der Waals surface area contributed by atoms with Crippen molar-refractivity contribution in [1.82, 2.24) is 34.3 Å². The van der Waals surface area contributed by atoms with Gasteiger partial charge in [0.25, 0.3) is 0 Å². The second-order valence-electron chi connectivity index (χ2n) is 7.57. The van der Waals surface area contributed by atoms with E-state index < -0.39 is 17.8 Å². The molecule has 172 valence electrons. The molecule has 34 heavy (non-hydrogen) atoms. The van der Waals surface area contributed by atoms with Crippen molar-refractivity contribution in [1.29, 1.82) is 0 Å². The molecule has 0 aliphatic heterocycles. The molecular formula is C22H16F4N8. The highest BCUT2D eigenvalue weighted by Crippen LogP contribution is 2.35. The van der Waals surface area contributed by atoms with Gasteiger partial charge in [0.15, 0.2) is 5.82 Å². The summed E-state index contributed by atoms with van der Waals surface area (Å²) in [5, 5.41) is 8.56. The van der Waals surface area contributed by atoms with Crippen LogP contribution in [0.25, 0.3) is 22.3 Å². The maximum absolute atomic E-state index is 14.2. The second-order valence-corrected chi connectivity index (χ2v) is 7.57. The summed E-state index contributed by atoms with van der Waals surface area (Å²) < 4.78 is 55.8. The van der Waals surface area contributed by atoms with E-state index in [9.17, 15) is 17.6 Å². The van der Waals surface area contributed by atoms with Gasteiger partial charge in [-0.2, -0.15) is 23.4 Å². The number of rotatable bonds is 4. The number of anilines is 1. The Hall–Kier alpha value is -4.35. The van der Waals surface area contributed by atoms with Gasteiger partial charge in [0.1, 0.15) is 23.3 Å². The Balaban J connectivity index is 1.59. The average Bonchev–Trinajstić information content (AvgIpc) is 3.45. The lowest BCUT2D eigenvalue weighted by molar-refractivity contribution is -0.144. The third-order valence-electron chi connectivity index (χ3n) is 5.47. The van der Waals surface area contributed by atoms with Gasteiger partial charge in [0.05, 0.1) is 11.9 Å². The number of hydrogen-bond donors (Lipinski definition) is 1. The lowest BCUT2D eigenvalue weighted by Crippen LogP contribution is -2.10. The maximum atomic E-state index is 14.2. The van der Waals surface area contributed by atoms with Crippen LogP contribution in [0.3, 0.4) is 0 Å². The highest BCUT2D eigenvalue weighted by molar-refractivity contribution is 5.88. The number of benzene rings is 1. The number of para-hydroxylation sites is 1. The van der Waals surface area contributed by atoms with E-state index in [1.807, 2.05) is 6.92 Å². The van der Waals surface area contributed by atoms with Crippen molar-refractivity contribution in [3.8, 4) is 16.8 Å². The molecule has 0 amide bonds. The van der Waals surface area contributed by atoms with Gasteiger partial charge >= 0.3 is 6.18 Å². The van der Waals surface area contributed by atoms with Crippen LogP contribution in [-0.2, 0) is 6.18 Å². The summed E-state index contributed by atoms with van der Waals surface area (Å²) in [6, 6.07) is 8.01. The van der Waals surface area contributed by atoms with Crippen LogP contribution in [0, 0.1) is 5.82 Å². The minimum atomic E-state index is -4.65. The quantitative estimate of drug-likeness (QED) is 0.396. The fraction of sp³-hybridized carbons (Fsp3) is 0.136. The van der Waals surface area contributed by atoms with Crippen molar-refractivity contribution in [3.05, 3.63) is 84.3 Å². The average molecular weight is 468 g/mol. The number of nitrogen functional groups attached to an aromatic ring is 1. The molecule has 4 heterocycles. The van der Waals surface area contributed by atoms with Crippen molar-refractivity contribution < 1.29 is 17.6 Å². The molecule has 4 aromatic heterocycles. The first kappa shape index (κ1) is 21.5. The first-order chi connectivity index (χ1) is 16.2. The summed E-state index contributed by atoms with van der Waals surface area (Å²) in [5.41, 5.74) is 9.04. The third kappa shape index (κ3) is 3.62.